The van der Waals surface area contributed by atoms with Crippen molar-refractivity contribution in [2.24, 2.45) is 0 Å². The molecule has 0 bridgehead atoms. The Kier molecular flexibility index (Phi) is 5.12. The molecule has 0 aliphatic carbocycles. The molecule has 0 unspecified atom stereocenters. The van der Waals surface area contributed by atoms with E-state index < -0.39 is 22.4 Å². The van der Waals surface area contributed by atoms with Gasteiger partial charge in [0, 0.05) is 18.4 Å². The van der Waals surface area contributed by atoms with E-state index in [0.29, 0.717) is 5.69 Å². The van der Waals surface area contributed by atoms with Crippen LogP contribution >= 0.6 is 0 Å². The molecule has 1 heterocycles. The van der Waals surface area contributed by atoms with Crippen LogP contribution in [-0.4, -0.2) is 21.9 Å². The molecule has 0 aliphatic rings. The van der Waals surface area contributed by atoms with E-state index in [1.54, 1.807) is 37.4 Å². The molecule has 0 saturated carbocycles. The van der Waals surface area contributed by atoms with Gasteiger partial charge in [0.05, 0.1) is 10.5 Å². The normalized spacial score (nSPS) is 11.1. The van der Waals surface area contributed by atoms with E-state index in [4.69, 9.17) is 0 Å². The smallest absolute Gasteiger partial charge is 0.334 e. The van der Waals surface area contributed by atoms with Crippen LogP contribution in [-0.2, 0) is 6.18 Å². The van der Waals surface area contributed by atoms with Crippen LogP contribution in [0.1, 0.15) is 5.56 Å². The summed E-state index contributed by atoms with van der Waals surface area (Å²) in [6.07, 6.45) is -3.42. The van der Waals surface area contributed by atoms with Gasteiger partial charge in [-0.1, -0.05) is 24.3 Å². The molecule has 28 heavy (non-hydrogen) atoms. The predicted octanol–water partition coefficient (Wildman–Crippen LogP) is 4.92. The first-order chi connectivity index (χ1) is 13.3. The minimum absolute atomic E-state index is 0.000626. The lowest BCUT2D eigenvalue weighted by Gasteiger charge is -2.19. The molecule has 1 aromatic heterocycles. The molecule has 3 aromatic rings. The van der Waals surface area contributed by atoms with Crippen molar-refractivity contribution in [1.29, 1.82) is 0 Å². The van der Waals surface area contributed by atoms with Crippen LogP contribution in [0.4, 0.5) is 41.9 Å². The Morgan fingerprint density at radius 2 is 1.79 bits per heavy atom. The quantitative estimate of drug-likeness (QED) is 0.493. The van der Waals surface area contributed by atoms with Gasteiger partial charge < -0.3 is 10.2 Å². The maximum atomic E-state index is 12.9. The van der Waals surface area contributed by atoms with Gasteiger partial charge in [0.1, 0.15) is 6.33 Å². The molecule has 1 N–H and O–H groups in total. The number of nitro groups is 1. The zero-order valence-electron chi connectivity index (χ0n) is 14.5. The monoisotopic (exact) mass is 389 g/mol. The molecule has 0 saturated heterocycles. The summed E-state index contributed by atoms with van der Waals surface area (Å²) in [5, 5.41) is 14.3. The number of hydrogen-bond donors (Lipinski definition) is 1. The summed E-state index contributed by atoms with van der Waals surface area (Å²) in [4.78, 5) is 20.3. The zero-order chi connectivity index (χ0) is 20.3. The van der Waals surface area contributed by atoms with Crippen molar-refractivity contribution in [3.63, 3.8) is 0 Å². The van der Waals surface area contributed by atoms with Crippen molar-refractivity contribution in [3.8, 4) is 0 Å². The van der Waals surface area contributed by atoms with Crippen molar-refractivity contribution in [3.05, 3.63) is 76.6 Å². The number of nitrogens with zero attached hydrogens (tertiary/aromatic N) is 4. The molecule has 7 nitrogen and oxygen atoms in total. The lowest BCUT2D eigenvalue weighted by Crippen LogP contribution is -2.15. The maximum absolute atomic E-state index is 12.9. The Hall–Kier alpha value is -3.69. The highest BCUT2D eigenvalue weighted by Crippen LogP contribution is 2.37. The number of anilines is 4. The van der Waals surface area contributed by atoms with Crippen LogP contribution in [0.3, 0.4) is 0 Å². The molecule has 2 aromatic carbocycles. The van der Waals surface area contributed by atoms with Crippen LogP contribution in [0, 0.1) is 10.1 Å². The number of para-hydroxylation sites is 1. The molecule has 0 radical (unpaired) electrons. The SMILES string of the molecule is CN(c1ccccc1)c1ncnc(Nc2cccc(C(F)(F)F)c2)c1[N+](=O)[O-]. The molecule has 0 fully saturated rings. The number of rotatable bonds is 5. The van der Waals surface area contributed by atoms with Crippen molar-refractivity contribution in [2.75, 3.05) is 17.3 Å². The topological polar surface area (TPSA) is 84.2 Å². The van der Waals surface area contributed by atoms with Crippen LogP contribution in [0.5, 0.6) is 0 Å². The van der Waals surface area contributed by atoms with Gasteiger partial charge in [0.25, 0.3) is 0 Å². The zero-order valence-corrected chi connectivity index (χ0v) is 14.5. The van der Waals surface area contributed by atoms with E-state index in [1.807, 2.05) is 0 Å². The second kappa shape index (κ2) is 7.51. The van der Waals surface area contributed by atoms with Crippen LogP contribution in [0.15, 0.2) is 60.9 Å². The minimum atomic E-state index is -4.53. The van der Waals surface area contributed by atoms with Gasteiger partial charge in [-0.05, 0) is 30.3 Å². The first-order valence-corrected chi connectivity index (χ1v) is 8.00. The van der Waals surface area contributed by atoms with Crippen LogP contribution in [0.25, 0.3) is 0 Å². The number of alkyl halides is 3. The molecular weight excluding hydrogens is 375 g/mol. The third-order valence-corrected chi connectivity index (χ3v) is 3.90. The largest absolute Gasteiger partial charge is 0.416 e. The van der Waals surface area contributed by atoms with E-state index in [-0.39, 0.29) is 17.3 Å². The summed E-state index contributed by atoms with van der Waals surface area (Å²) in [7, 11) is 1.60. The highest BCUT2D eigenvalue weighted by atomic mass is 19.4. The first-order valence-electron chi connectivity index (χ1n) is 8.00. The average Bonchev–Trinajstić information content (AvgIpc) is 2.67. The molecular formula is C18H14F3N5O2. The number of hydrogen-bond acceptors (Lipinski definition) is 6. The second-order valence-corrected chi connectivity index (χ2v) is 5.75. The lowest BCUT2D eigenvalue weighted by molar-refractivity contribution is -0.383. The van der Waals surface area contributed by atoms with E-state index in [9.17, 15) is 23.3 Å². The fourth-order valence-corrected chi connectivity index (χ4v) is 2.56. The molecule has 0 aliphatic heterocycles. The Bertz CT molecular complexity index is 996. The number of halogens is 3. The summed E-state index contributed by atoms with van der Waals surface area (Å²) in [6, 6.07) is 13.1. The Morgan fingerprint density at radius 1 is 1.07 bits per heavy atom. The summed E-state index contributed by atoms with van der Waals surface area (Å²) >= 11 is 0. The summed E-state index contributed by atoms with van der Waals surface area (Å²) in [6.45, 7) is 0. The molecule has 3 rings (SSSR count). The lowest BCUT2D eigenvalue weighted by atomic mass is 10.2. The van der Waals surface area contributed by atoms with Crippen molar-refractivity contribution >= 4 is 28.7 Å². The first kappa shape index (κ1) is 19.1. The third kappa shape index (κ3) is 4.00. The third-order valence-electron chi connectivity index (χ3n) is 3.90. The molecule has 144 valence electrons. The van der Waals surface area contributed by atoms with E-state index in [1.165, 1.54) is 17.0 Å². The minimum Gasteiger partial charge on any atom is -0.334 e. The van der Waals surface area contributed by atoms with E-state index in [2.05, 4.69) is 15.3 Å². The summed E-state index contributed by atoms with van der Waals surface area (Å²) in [5.74, 6) is -0.210. The number of aromatic nitrogens is 2. The molecule has 0 atom stereocenters. The Balaban J connectivity index is 2.02. The number of benzene rings is 2. The summed E-state index contributed by atoms with van der Waals surface area (Å²) < 4.78 is 38.7. The number of nitrogens with one attached hydrogen (secondary N) is 1. The van der Waals surface area contributed by atoms with Gasteiger partial charge in [-0.15, -0.1) is 0 Å². The van der Waals surface area contributed by atoms with E-state index in [0.717, 1.165) is 18.5 Å². The molecule has 10 heteroatoms. The van der Waals surface area contributed by atoms with Gasteiger partial charge in [0.15, 0.2) is 0 Å². The van der Waals surface area contributed by atoms with Crippen molar-refractivity contribution in [2.45, 2.75) is 6.18 Å². The molecule has 0 spiro atoms. The van der Waals surface area contributed by atoms with Gasteiger partial charge in [0.2, 0.25) is 11.6 Å². The van der Waals surface area contributed by atoms with Gasteiger partial charge in [-0.25, -0.2) is 9.97 Å². The Morgan fingerprint density at radius 3 is 2.43 bits per heavy atom. The van der Waals surface area contributed by atoms with Crippen molar-refractivity contribution in [1.82, 2.24) is 9.97 Å². The fraction of sp³-hybridized carbons (Fsp3) is 0.111. The average molecular weight is 389 g/mol. The summed E-state index contributed by atoms with van der Waals surface area (Å²) in [5.41, 5.74) is -0.665. The van der Waals surface area contributed by atoms with Gasteiger partial charge in [-0.3, -0.25) is 10.1 Å². The standard InChI is InChI=1S/C18H14F3N5O2/c1-25(14-8-3-2-4-9-14)17-15(26(27)28)16(22-11-23-17)24-13-7-5-6-12(10-13)18(19,20)21/h2-11H,1H3,(H,22,23,24). The second-order valence-electron chi connectivity index (χ2n) is 5.75. The van der Waals surface area contributed by atoms with Crippen LogP contribution < -0.4 is 10.2 Å². The molecule has 0 amide bonds. The van der Waals surface area contributed by atoms with Crippen molar-refractivity contribution < 1.29 is 18.1 Å². The highest BCUT2D eigenvalue weighted by molar-refractivity contribution is 5.77. The Labute approximate surface area is 157 Å². The van der Waals surface area contributed by atoms with Gasteiger partial charge in [-0.2, -0.15) is 13.2 Å². The highest BCUT2D eigenvalue weighted by Gasteiger charge is 2.31. The maximum Gasteiger partial charge on any atom is 0.416 e. The van der Waals surface area contributed by atoms with Crippen LogP contribution in [0.2, 0.25) is 0 Å². The predicted molar refractivity (Wildman–Crippen MR) is 97.9 cm³/mol. The van der Waals surface area contributed by atoms with E-state index >= 15 is 0 Å². The van der Waals surface area contributed by atoms with Gasteiger partial charge >= 0.3 is 11.9 Å². The fourth-order valence-electron chi connectivity index (χ4n) is 2.56.